The normalized spacial score (nSPS) is 34.0. The summed E-state index contributed by atoms with van der Waals surface area (Å²) < 4.78 is 106. The maximum atomic E-state index is 15.8. The quantitative estimate of drug-likeness (QED) is 0.157. The molecule has 0 amide bonds. The summed E-state index contributed by atoms with van der Waals surface area (Å²) in [4.78, 5) is 12.1. The number of anilines is 1. The number of imidazole rings is 1. The van der Waals surface area contributed by atoms with Crippen molar-refractivity contribution in [2.24, 2.45) is 0 Å². The van der Waals surface area contributed by atoms with Gasteiger partial charge in [0.15, 0.2) is 36.2 Å². The Balaban J connectivity index is 1.15. The Morgan fingerprint density at radius 3 is 2.69 bits per heavy atom. The molecule has 23 heteroatoms. The number of aliphatic hydroxyl groups is 1. The first-order valence-corrected chi connectivity index (χ1v) is 16.5. The largest absolute Gasteiger partial charge is 0.697 e. The molecule has 3 aliphatic heterocycles. The minimum absolute atomic E-state index is 0.0570. The number of ether oxygens (including phenoxy) is 2. The van der Waals surface area contributed by atoms with Gasteiger partial charge in [0.25, 0.3) is 0 Å². The van der Waals surface area contributed by atoms with Crippen molar-refractivity contribution >= 4 is 56.1 Å². The van der Waals surface area contributed by atoms with E-state index in [2.05, 4.69) is 37.5 Å². The summed E-state index contributed by atoms with van der Waals surface area (Å²) in [6.07, 6.45) is -13.5. The van der Waals surface area contributed by atoms with Gasteiger partial charge in [-0.2, -0.15) is 13.2 Å². The molecule has 1 aromatic carbocycles. The number of hydrogen-bond acceptors (Lipinski definition) is 15. The molecule has 10 atom stereocenters. The molecule has 3 fully saturated rings. The van der Waals surface area contributed by atoms with Gasteiger partial charge in [-0.05, 0) is 12.1 Å². The van der Waals surface area contributed by atoms with E-state index in [0.29, 0.717) is 0 Å². The van der Waals surface area contributed by atoms with Crippen molar-refractivity contribution in [1.82, 2.24) is 34.5 Å². The Morgan fingerprint density at radius 1 is 1.09 bits per heavy atom. The monoisotopic (exact) mass is 695 g/mol. The minimum atomic E-state index is -4.71. The van der Waals surface area contributed by atoms with Crippen LogP contribution in [0.5, 0.6) is 0 Å². The van der Waals surface area contributed by atoms with Crippen LogP contribution in [0.25, 0.3) is 22.2 Å². The SMILES string of the molecule is Nc1ncnc2c1ncn2[C@@H]1O[C@@H]2COP(S)O[C@@H]3[C@H](O)[C@@H](CO[P+](=O)O[C@H]2[C@H]1F)O[C@H]3n1nnc2c(C(F)(F)F)cccc21. The zero-order valence-electron chi connectivity index (χ0n) is 22.3. The molecule has 16 nitrogen and oxygen atoms in total. The van der Waals surface area contributed by atoms with E-state index in [1.165, 1.54) is 29.4 Å². The predicted molar refractivity (Wildman–Crippen MR) is 146 cm³/mol. The van der Waals surface area contributed by atoms with Crippen LogP contribution in [-0.4, -0.2) is 89.5 Å². The fourth-order valence-electron chi connectivity index (χ4n) is 5.32. The number of nitrogens with zero attached hydrogens (tertiary/aromatic N) is 7. The van der Waals surface area contributed by atoms with E-state index in [1.807, 2.05) is 0 Å². The maximum absolute atomic E-state index is 15.8. The van der Waals surface area contributed by atoms with Gasteiger partial charge >= 0.3 is 14.4 Å². The fraction of sp³-hybridized carbons (Fsp3) is 0.500. The molecule has 240 valence electrons. The zero-order valence-corrected chi connectivity index (χ0v) is 25.0. The number of rotatable bonds is 2. The van der Waals surface area contributed by atoms with Gasteiger partial charge < -0.3 is 29.4 Å². The van der Waals surface area contributed by atoms with Crippen LogP contribution in [0.1, 0.15) is 18.0 Å². The molecule has 0 spiro atoms. The van der Waals surface area contributed by atoms with E-state index in [-0.39, 0.29) is 29.1 Å². The number of nitrogens with two attached hydrogens (primary N) is 1. The number of aromatic nitrogens is 7. The van der Waals surface area contributed by atoms with Gasteiger partial charge in [0.2, 0.25) is 7.58 Å². The Labute approximate surface area is 256 Å². The molecular weight excluding hydrogens is 674 g/mol. The number of aliphatic hydroxyl groups excluding tert-OH is 1. The lowest BCUT2D eigenvalue weighted by atomic mass is 10.1. The molecule has 3 aliphatic rings. The number of fused-ring (bicyclic) bond motifs is 5. The van der Waals surface area contributed by atoms with Crippen LogP contribution >= 0.6 is 28.1 Å². The smallest absolute Gasteiger partial charge is 0.387 e. The topological polar surface area (TPSA) is 193 Å². The van der Waals surface area contributed by atoms with Crippen LogP contribution in [-0.2, 0) is 38.3 Å². The summed E-state index contributed by atoms with van der Waals surface area (Å²) in [6.45, 7) is -0.928. The second-order valence-corrected chi connectivity index (χ2v) is 12.9. The summed E-state index contributed by atoms with van der Waals surface area (Å²) in [6, 6.07) is 3.37. The lowest BCUT2D eigenvalue weighted by molar-refractivity contribution is -0.136. The zero-order chi connectivity index (χ0) is 31.6. The van der Waals surface area contributed by atoms with Crippen molar-refractivity contribution in [3.63, 3.8) is 0 Å². The highest BCUT2D eigenvalue weighted by atomic mass is 32.7. The summed E-state index contributed by atoms with van der Waals surface area (Å²) >= 11 is 4.33. The first kappa shape index (κ1) is 30.9. The van der Waals surface area contributed by atoms with Gasteiger partial charge in [0.1, 0.15) is 48.4 Å². The Morgan fingerprint density at radius 2 is 1.89 bits per heavy atom. The standard InChI is InChI=1S/C22H21F4N8O8P2S/c23-12-16-11(40-20(12)33-7-30-14-18(27)28-6-29-19(14)33)5-38-44(45)42-17-15(35)10(4-37-43(36)41-16)39-21(17)34-9-3-1-2-8(22(24,25)26)13(9)31-32-34/h1-3,6-7,10-12,15-17,20-21,35,45H,4-5H2,(H2,27,28,29)/q+1/t10-,11-,12-,15-,16-,17-,20-,21-,44?/m1/s1. The van der Waals surface area contributed by atoms with E-state index < -0.39 is 88.8 Å². The molecule has 0 aliphatic carbocycles. The average Bonchev–Trinajstić information content (AvgIpc) is 3.76. The molecule has 2 unspecified atom stereocenters. The van der Waals surface area contributed by atoms with Crippen LogP contribution in [0.15, 0.2) is 30.9 Å². The molecular formula is C22H21F4N8O8P2S+. The highest BCUT2D eigenvalue weighted by Crippen LogP contribution is 2.51. The number of halogens is 4. The van der Waals surface area contributed by atoms with Gasteiger partial charge in [0, 0.05) is 4.57 Å². The molecule has 3 saturated heterocycles. The predicted octanol–water partition coefficient (Wildman–Crippen LogP) is 3.00. The van der Waals surface area contributed by atoms with E-state index in [4.69, 9.17) is 33.3 Å². The van der Waals surface area contributed by atoms with Crippen LogP contribution in [0.3, 0.4) is 0 Å². The molecule has 3 N–H and O–H groups in total. The van der Waals surface area contributed by atoms with Crippen LogP contribution in [0.4, 0.5) is 23.4 Å². The van der Waals surface area contributed by atoms with Gasteiger partial charge in [-0.25, -0.2) is 24.0 Å². The Kier molecular flexibility index (Phi) is 8.12. The third-order valence-corrected chi connectivity index (χ3v) is 9.60. The molecule has 45 heavy (non-hydrogen) atoms. The number of nitrogen functional groups attached to an aromatic ring is 1. The summed E-state index contributed by atoms with van der Waals surface area (Å²) in [7, 11) is -5.18. The Bertz CT molecular complexity index is 1750. The van der Waals surface area contributed by atoms with Gasteiger partial charge in [-0.1, -0.05) is 23.5 Å². The average molecular weight is 695 g/mol. The van der Waals surface area contributed by atoms with Crippen molar-refractivity contribution in [3.05, 3.63) is 36.4 Å². The first-order valence-electron chi connectivity index (χ1n) is 13.0. The highest BCUT2D eigenvalue weighted by Gasteiger charge is 2.54. The Hall–Kier alpha value is -2.71. The molecule has 0 saturated carbocycles. The molecule has 0 radical (unpaired) electrons. The second kappa shape index (κ2) is 11.8. The van der Waals surface area contributed by atoms with Crippen LogP contribution in [0.2, 0.25) is 0 Å². The number of alkyl halides is 4. The van der Waals surface area contributed by atoms with E-state index in [1.54, 1.807) is 0 Å². The lowest BCUT2D eigenvalue weighted by Gasteiger charge is -2.24. The van der Waals surface area contributed by atoms with Gasteiger partial charge in [-0.3, -0.25) is 4.57 Å². The number of benzene rings is 1. The van der Waals surface area contributed by atoms with Crippen molar-refractivity contribution in [3.8, 4) is 0 Å². The first-order chi connectivity index (χ1) is 21.5. The van der Waals surface area contributed by atoms with E-state index in [9.17, 15) is 22.8 Å². The summed E-state index contributed by atoms with van der Waals surface area (Å²) in [5.74, 6) is 0.0701. The highest BCUT2D eigenvalue weighted by molar-refractivity contribution is 8.41. The lowest BCUT2D eigenvalue weighted by Crippen LogP contribution is -2.35. The number of thiol groups is 1. The summed E-state index contributed by atoms with van der Waals surface area (Å²) in [5.41, 5.74) is 4.71. The van der Waals surface area contributed by atoms with Crippen LogP contribution in [0, 0.1) is 0 Å². The third-order valence-electron chi connectivity index (χ3n) is 7.40. The summed E-state index contributed by atoms with van der Waals surface area (Å²) in [5, 5.41) is 18.6. The van der Waals surface area contributed by atoms with Crippen molar-refractivity contribution in [2.75, 3.05) is 18.9 Å². The molecule has 4 aromatic rings. The minimum Gasteiger partial charge on any atom is -0.387 e. The van der Waals surface area contributed by atoms with Gasteiger partial charge in [-0.15, -0.1) is 14.1 Å². The maximum Gasteiger partial charge on any atom is 0.697 e. The van der Waals surface area contributed by atoms with Gasteiger partial charge in [0.05, 0.1) is 24.0 Å². The van der Waals surface area contributed by atoms with E-state index in [0.717, 1.165) is 10.7 Å². The number of hydrogen-bond donors (Lipinski definition) is 3. The second-order valence-electron chi connectivity index (χ2n) is 10.0. The van der Waals surface area contributed by atoms with Crippen molar-refractivity contribution in [1.29, 1.82) is 0 Å². The van der Waals surface area contributed by atoms with Crippen molar-refractivity contribution < 1.29 is 54.8 Å². The molecule has 3 aromatic heterocycles. The fourth-order valence-corrected chi connectivity index (χ4v) is 7.39. The van der Waals surface area contributed by atoms with Crippen LogP contribution < -0.4 is 5.73 Å². The van der Waals surface area contributed by atoms with E-state index >= 15 is 4.39 Å². The molecule has 6 heterocycles. The third kappa shape index (κ3) is 5.54. The van der Waals surface area contributed by atoms with Crippen molar-refractivity contribution in [2.45, 2.75) is 55.3 Å². The molecule has 2 bridgehead atoms. The molecule has 7 rings (SSSR count).